The molecule has 112 valence electrons. The number of nitrogens with one attached hydrogen (secondary N) is 2. The number of aromatic nitrogens is 2. The Morgan fingerprint density at radius 1 is 1.32 bits per heavy atom. The molecule has 0 aliphatic heterocycles. The molecule has 2 aromatic carbocycles. The number of rotatable bonds is 5. The molecule has 0 saturated carbocycles. The van der Waals surface area contributed by atoms with E-state index < -0.39 is 0 Å². The maximum absolute atomic E-state index is 11.0. The number of H-pyrrole nitrogens is 1. The van der Waals surface area contributed by atoms with Crippen molar-refractivity contribution < 1.29 is 9.66 Å². The minimum atomic E-state index is -0.388. The Morgan fingerprint density at radius 3 is 2.91 bits per heavy atom. The van der Waals surface area contributed by atoms with Gasteiger partial charge in [-0.05, 0) is 12.1 Å². The highest BCUT2D eigenvalue weighted by Crippen LogP contribution is 2.22. The maximum atomic E-state index is 11.0. The van der Waals surface area contributed by atoms with E-state index in [0.717, 1.165) is 16.8 Å². The first-order chi connectivity index (χ1) is 10.7. The minimum Gasteiger partial charge on any atom is -0.497 e. The first-order valence-electron chi connectivity index (χ1n) is 6.67. The van der Waals surface area contributed by atoms with Crippen LogP contribution in [0.3, 0.4) is 0 Å². The van der Waals surface area contributed by atoms with Crippen LogP contribution in [0.5, 0.6) is 5.75 Å². The highest BCUT2D eigenvalue weighted by atomic mass is 16.6. The molecule has 0 radical (unpaired) electrons. The van der Waals surface area contributed by atoms with Gasteiger partial charge in [0.1, 0.15) is 5.75 Å². The van der Waals surface area contributed by atoms with Gasteiger partial charge in [0, 0.05) is 24.2 Å². The Balaban J connectivity index is 1.81. The second-order valence-electron chi connectivity index (χ2n) is 4.71. The molecule has 0 fully saturated rings. The first-order valence-corrected chi connectivity index (χ1v) is 6.67. The maximum Gasteiger partial charge on any atom is 0.274 e. The van der Waals surface area contributed by atoms with Gasteiger partial charge in [0.25, 0.3) is 5.69 Å². The van der Waals surface area contributed by atoms with E-state index in [4.69, 9.17) is 4.74 Å². The molecule has 2 N–H and O–H groups in total. The summed E-state index contributed by atoms with van der Waals surface area (Å²) in [6, 6.07) is 12.1. The number of anilines is 1. The molecule has 0 atom stereocenters. The van der Waals surface area contributed by atoms with Crippen molar-refractivity contribution >= 4 is 22.7 Å². The molecule has 0 saturated heterocycles. The molecule has 7 nitrogen and oxygen atoms in total. The number of ether oxygens (including phenoxy) is 1. The van der Waals surface area contributed by atoms with Crippen LogP contribution in [0, 0.1) is 10.1 Å². The van der Waals surface area contributed by atoms with Gasteiger partial charge in [0.05, 0.1) is 23.1 Å². The standard InChI is InChI=1S/C15H14N4O3/c1-22-11-6-7-12-13(8-11)18-15(17-12)16-9-10-4-2-3-5-14(10)19(20)21/h2-8H,9H2,1H3,(H2,16,17,18). The predicted molar refractivity (Wildman–Crippen MR) is 83.1 cm³/mol. The molecule has 1 aromatic heterocycles. The largest absolute Gasteiger partial charge is 0.497 e. The number of nitro groups is 1. The normalized spacial score (nSPS) is 10.6. The van der Waals surface area contributed by atoms with Crippen LogP contribution in [0.2, 0.25) is 0 Å². The average molecular weight is 298 g/mol. The number of nitrogens with zero attached hydrogens (tertiary/aromatic N) is 2. The molecule has 3 aromatic rings. The lowest BCUT2D eigenvalue weighted by molar-refractivity contribution is -0.385. The van der Waals surface area contributed by atoms with Gasteiger partial charge >= 0.3 is 0 Å². The summed E-state index contributed by atoms with van der Waals surface area (Å²) in [4.78, 5) is 18.1. The van der Waals surface area contributed by atoms with Gasteiger partial charge < -0.3 is 15.0 Å². The van der Waals surface area contributed by atoms with Crippen LogP contribution in [0.15, 0.2) is 42.5 Å². The third kappa shape index (κ3) is 2.69. The van der Waals surface area contributed by atoms with E-state index in [0.29, 0.717) is 18.1 Å². The number of imidazole rings is 1. The Labute approximate surface area is 126 Å². The van der Waals surface area contributed by atoms with Crippen molar-refractivity contribution in [1.29, 1.82) is 0 Å². The van der Waals surface area contributed by atoms with Crippen molar-refractivity contribution in [2.75, 3.05) is 12.4 Å². The minimum absolute atomic E-state index is 0.0905. The average Bonchev–Trinajstić information content (AvgIpc) is 2.94. The molecule has 0 amide bonds. The lowest BCUT2D eigenvalue weighted by Gasteiger charge is -2.03. The second kappa shape index (κ2) is 5.72. The zero-order chi connectivity index (χ0) is 15.5. The zero-order valence-electron chi connectivity index (χ0n) is 11.9. The molecular formula is C15H14N4O3. The number of nitro benzene ring substituents is 1. The van der Waals surface area contributed by atoms with E-state index in [9.17, 15) is 10.1 Å². The van der Waals surface area contributed by atoms with Gasteiger partial charge in [-0.2, -0.15) is 0 Å². The molecule has 7 heteroatoms. The van der Waals surface area contributed by atoms with Gasteiger partial charge in [0.2, 0.25) is 5.95 Å². The zero-order valence-corrected chi connectivity index (χ0v) is 11.9. The Hall–Kier alpha value is -3.09. The summed E-state index contributed by atoms with van der Waals surface area (Å²) in [6.07, 6.45) is 0. The van der Waals surface area contributed by atoms with Gasteiger partial charge in [-0.3, -0.25) is 10.1 Å². The quantitative estimate of drug-likeness (QED) is 0.557. The molecule has 0 spiro atoms. The molecular weight excluding hydrogens is 284 g/mol. The first kappa shape index (κ1) is 13.9. The Morgan fingerprint density at radius 2 is 2.14 bits per heavy atom. The fourth-order valence-electron chi connectivity index (χ4n) is 2.22. The van der Waals surface area contributed by atoms with Crippen molar-refractivity contribution in [2.24, 2.45) is 0 Å². The number of hydrogen-bond acceptors (Lipinski definition) is 5. The summed E-state index contributed by atoms with van der Waals surface area (Å²) in [5.74, 6) is 1.29. The Kier molecular flexibility index (Phi) is 3.61. The lowest BCUT2D eigenvalue weighted by atomic mass is 10.2. The van der Waals surface area contributed by atoms with Crippen LogP contribution in [-0.2, 0) is 6.54 Å². The topological polar surface area (TPSA) is 93.1 Å². The van der Waals surface area contributed by atoms with E-state index in [1.54, 1.807) is 25.3 Å². The summed E-state index contributed by atoms with van der Waals surface area (Å²) < 4.78 is 5.16. The van der Waals surface area contributed by atoms with E-state index in [-0.39, 0.29) is 10.6 Å². The van der Waals surface area contributed by atoms with Crippen LogP contribution < -0.4 is 10.1 Å². The van der Waals surface area contributed by atoms with E-state index in [2.05, 4.69) is 15.3 Å². The van der Waals surface area contributed by atoms with E-state index in [1.165, 1.54) is 6.07 Å². The van der Waals surface area contributed by atoms with Crippen molar-refractivity contribution in [1.82, 2.24) is 9.97 Å². The van der Waals surface area contributed by atoms with Crippen LogP contribution >= 0.6 is 0 Å². The van der Waals surface area contributed by atoms with E-state index >= 15 is 0 Å². The van der Waals surface area contributed by atoms with Gasteiger partial charge in [0.15, 0.2) is 0 Å². The molecule has 1 heterocycles. The molecule has 0 aliphatic rings. The summed E-state index contributed by atoms with van der Waals surface area (Å²) >= 11 is 0. The van der Waals surface area contributed by atoms with Crippen molar-refractivity contribution in [2.45, 2.75) is 6.54 Å². The Bertz CT molecular complexity index is 829. The third-order valence-corrected chi connectivity index (χ3v) is 3.32. The van der Waals surface area contributed by atoms with Crippen molar-refractivity contribution in [3.63, 3.8) is 0 Å². The summed E-state index contributed by atoms with van der Waals surface area (Å²) in [6.45, 7) is 0.314. The van der Waals surface area contributed by atoms with Crippen molar-refractivity contribution in [3.8, 4) is 5.75 Å². The second-order valence-corrected chi connectivity index (χ2v) is 4.71. The molecule has 3 rings (SSSR count). The summed E-state index contributed by atoms with van der Waals surface area (Å²) in [7, 11) is 1.60. The SMILES string of the molecule is COc1ccc2nc(NCc3ccccc3[N+](=O)[O-])[nH]c2c1. The van der Waals surface area contributed by atoms with Gasteiger partial charge in [-0.1, -0.05) is 18.2 Å². The summed E-state index contributed by atoms with van der Waals surface area (Å²) in [5, 5.41) is 14.1. The molecule has 0 bridgehead atoms. The smallest absolute Gasteiger partial charge is 0.274 e. The fourth-order valence-corrected chi connectivity index (χ4v) is 2.22. The highest BCUT2D eigenvalue weighted by molar-refractivity contribution is 5.79. The fraction of sp³-hybridized carbons (Fsp3) is 0.133. The summed E-state index contributed by atoms with van der Waals surface area (Å²) in [5.41, 5.74) is 2.33. The van der Waals surface area contributed by atoms with Crippen LogP contribution in [0.4, 0.5) is 11.6 Å². The molecule has 22 heavy (non-hydrogen) atoms. The predicted octanol–water partition coefficient (Wildman–Crippen LogP) is 3.09. The van der Waals surface area contributed by atoms with Gasteiger partial charge in [-0.25, -0.2) is 4.98 Å². The number of hydrogen-bond donors (Lipinski definition) is 2. The number of fused-ring (bicyclic) bond motifs is 1. The van der Waals surface area contributed by atoms with E-state index in [1.807, 2.05) is 18.2 Å². The monoisotopic (exact) mass is 298 g/mol. The number of methoxy groups -OCH3 is 1. The highest BCUT2D eigenvalue weighted by Gasteiger charge is 2.12. The number of aromatic amines is 1. The molecule has 0 unspecified atom stereocenters. The van der Waals surface area contributed by atoms with Gasteiger partial charge in [-0.15, -0.1) is 0 Å². The number of benzene rings is 2. The van der Waals surface area contributed by atoms with Crippen molar-refractivity contribution in [3.05, 3.63) is 58.1 Å². The third-order valence-electron chi connectivity index (χ3n) is 3.32. The van der Waals surface area contributed by atoms with Crippen LogP contribution in [0.1, 0.15) is 5.56 Å². The lowest BCUT2D eigenvalue weighted by Crippen LogP contribution is -2.03. The number of para-hydroxylation sites is 1. The van der Waals surface area contributed by atoms with Crippen LogP contribution in [-0.4, -0.2) is 22.0 Å². The van der Waals surface area contributed by atoms with Crippen LogP contribution in [0.25, 0.3) is 11.0 Å². The molecule has 0 aliphatic carbocycles.